The summed E-state index contributed by atoms with van der Waals surface area (Å²) in [6, 6.07) is 0. The lowest BCUT2D eigenvalue weighted by atomic mass is 10.4. The third-order valence-electron chi connectivity index (χ3n) is 2.31. The van der Waals surface area contributed by atoms with E-state index in [9.17, 15) is 0 Å². The lowest BCUT2D eigenvalue weighted by molar-refractivity contribution is 0.0673. The maximum atomic E-state index is 7.83. The van der Waals surface area contributed by atoms with Gasteiger partial charge in [0.15, 0.2) is 5.13 Å². The van der Waals surface area contributed by atoms with Crippen molar-refractivity contribution in [2.24, 2.45) is 10.7 Å². The number of hydrogen-bond donors (Lipinski definition) is 3. The second-order valence-electron chi connectivity index (χ2n) is 3.48. The molecular formula is C9H14N6OS. The van der Waals surface area contributed by atoms with Crippen molar-refractivity contribution < 1.29 is 4.74 Å². The van der Waals surface area contributed by atoms with Crippen LogP contribution in [0.2, 0.25) is 0 Å². The molecule has 1 aliphatic heterocycles. The number of aromatic nitrogens is 1. The summed E-state index contributed by atoms with van der Waals surface area (Å²) in [5, 5.41) is 8.27. The van der Waals surface area contributed by atoms with Crippen LogP contribution in [0.25, 0.3) is 0 Å². The molecule has 2 rings (SSSR count). The van der Waals surface area contributed by atoms with Crippen LogP contribution >= 0.6 is 11.3 Å². The molecule has 0 aromatic carbocycles. The molecule has 1 aromatic rings. The molecule has 1 aliphatic rings. The summed E-state index contributed by atoms with van der Waals surface area (Å²) in [6.07, 6.45) is 1.56. The Hall–Kier alpha value is -1.67. The highest BCUT2D eigenvalue weighted by atomic mass is 32.1. The van der Waals surface area contributed by atoms with Gasteiger partial charge in [0, 0.05) is 13.1 Å². The highest BCUT2D eigenvalue weighted by Gasteiger charge is 2.14. The monoisotopic (exact) mass is 254 g/mol. The molecule has 1 aromatic heterocycles. The van der Waals surface area contributed by atoms with Crippen molar-refractivity contribution in [1.82, 2.24) is 9.88 Å². The third kappa shape index (κ3) is 2.92. The van der Waals surface area contributed by atoms with E-state index in [1.54, 1.807) is 6.20 Å². The molecule has 0 bridgehead atoms. The van der Waals surface area contributed by atoms with E-state index in [-0.39, 0.29) is 11.8 Å². The number of thiazole rings is 1. The number of aliphatic imine (C=N–C) groups is 1. The van der Waals surface area contributed by atoms with Gasteiger partial charge in [0.05, 0.1) is 24.3 Å². The smallest absolute Gasteiger partial charge is 0.219 e. The molecule has 0 amide bonds. The van der Waals surface area contributed by atoms with E-state index < -0.39 is 0 Å². The topological polar surface area (TPSA) is 114 Å². The predicted octanol–water partition coefficient (Wildman–Crippen LogP) is -0.302. The van der Waals surface area contributed by atoms with Crippen LogP contribution in [0.1, 0.15) is 4.88 Å². The Labute approximate surface area is 103 Å². The minimum Gasteiger partial charge on any atom is -0.382 e. The number of rotatable bonds is 1. The van der Waals surface area contributed by atoms with Crippen LogP contribution in [0.15, 0.2) is 11.2 Å². The Morgan fingerprint density at radius 1 is 1.53 bits per heavy atom. The quantitative estimate of drug-likeness (QED) is 0.470. The Morgan fingerprint density at radius 2 is 2.24 bits per heavy atom. The first-order valence-corrected chi connectivity index (χ1v) is 5.95. The fourth-order valence-corrected chi connectivity index (χ4v) is 2.01. The highest BCUT2D eigenvalue weighted by molar-refractivity contribution is 7.17. The standard InChI is InChI=1S/C9H14N6OS/c10-7(6-5-13-9(12)17-6)14-8(11)15-1-3-16-4-2-15/h5H,1-4H2,(H2,12,13)(H3,10,11,14). The molecule has 7 nitrogen and oxygen atoms in total. The van der Waals surface area contributed by atoms with E-state index in [0.29, 0.717) is 36.3 Å². The summed E-state index contributed by atoms with van der Waals surface area (Å²) in [5.74, 6) is 0.425. The fraction of sp³-hybridized carbons (Fsp3) is 0.444. The molecule has 0 atom stereocenters. The zero-order chi connectivity index (χ0) is 12.3. The van der Waals surface area contributed by atoms with Crippen molar-refractivity contribution in [2.75, 3.05) is 32.0 Å². The van der Waals surface area contributed by atoms with Crippen molar-refractivity contribution in [3.05, 3.63) is 11.1 Å². The summed E-state index contributed by atoms with van der Waals surface area (Å²) in [7, 11) is 0. The van der Waals surface area contributed by atoms with Gasteiger partial charge in [0.2, 0.25) is 5.96 Å². The minimum absolute atomic E-state index is 0.151. The van der Waals surface area contributed by atoms with Crippen molar-refractivity contribution in [1.29, 1.82) is 5.41 Å². The third-order valence-corrected chi connectivity index (χ3v) is 3.16. The minimum atomic E-state index is 0.151. The van der Waals surface area contributed by atoms with Crippen molar-refractivity contribution in [3.63, 3.8) is 0 Å². The number of morpholine rings is 1. The average Bonchev–Trinajstić information content (AvgIpc) is 2.77. The summed E-state index contributed by atoms with van der Waals surface area (Å²) < 4.78 is 5.20. The number of nitrogens with two attached hydrogens (primary N) is 2. The van der Waals surface area contributed by atoms with Gasteiger partial charge < -0.3 is 21.1 Å². The first-order chi connectivity index (χ1) is 8.16. The van der Waals surface area contributed by atoms with E-state index in [2.05, 4.69) is 9.98 Å². The van der Waals surface area contributed by atoms with Gasteiger partial charge >= 0.3 is 0 Å². The van der Waals surface area contributed by atoms with E-state index in [4.69, 9.17) is 21.6 Å². The van der Waals surface area contributed by atoms with Gasteiger partial charge in [-0.05, 0) is 0 Å². The van der Waals surface area contributed by atoms with Crippen molar-refractivity contribution in [2.45, 2.75) is 0 Å². The molecule has 92 valence electrons. The number of hydrogen-bond acceptors (Lipinski definition) is 5. The lowest BCUT2D eigenvalue weighted by Gasteiger charge is -2.26. The summed E-state index contributed by atoms with van der Waals surface area (Å²) in [4.78, 5) is 10.4. The molecule has 17 heavy (non-hydrogen) atoms. The molecule has 1 fully saturated rings. The molecule has 1 saturated heterocycles. The number of nitrogens with zero attached hydrogens (tertiary/aromatic N) is 3. The van der Waals surface area contributed by atoms with E-state index in [1.807, 2.05) is 4.90 Å². The fourth-order valence-electron chi connectivity index (χ4n) is 1.42. The number of amidine groups is 1. The molecular weight excluding hydrogens is 240 g/mol. The SMILES string of the molecule is N=C(N=C(N)c1cnc(N)s1)N1CCOCC1. The molecule has 5 N–H and O–H groups in total. The van der Waals surface area contributed by atoms with E-state index >= 15 is 0 Å². The molecule has 0 aliphatic carbocycles. The largest absolute Gasteiger partial charge is 0.382 e. The van der Waals surface area contributed by atoms with Crippen molar-refractivity contribution in [3.8, 4) is 0 Å². The molecule has 0 radical (unpaired) electrons. The Bertz CT molecular complexity index is 436. The number of ether oxygens (including phenoxy) is 1. The second kappa shape index (κ2) is 5.11. The van der Waals surface area contributed by atoms with Gasteiger partial charge in [-0.1, -0.05) is 11.3 Å². The van der Waals surface area contributed by atoms with E-state index in [0.717, 1.165) is 0 Å². The Balaban J connectivity index is 2.05. The lowest BCUT2D eigenvalue weighted by Crippen LogP contribution is -2.40. The zero-order valence-corrected chi connectivity index (χ0v) is 10.0. The normalized spacial score (nSPS) is 17.2. The van der Waals surface area contributed by atoms with Gasteiger partial charge in [-0.15, -0.1) is 0 Å². The van der Waals surface area contributed by atoms with Crippen LogP contribution in [-0.4, -0.2) is 48.0 Å². The number of nitrogen functional groups attached to an aromatic ring is 1. The van der Waals surface area contributed by atoms with Gasteiger partial charge in [-0.25, -0.2) is 4.98 Å². The van der Waals surface area contributed by atoms with Crippen LogP contribution in [0.3, 0.4) is 0 Å². The Morgan fingerprint density at radius 3 is 2.82 bits per heavy atom. The van der Waals surface area contributed by atoms with Gasteiger partial charge in [0.1, 0.15) is 5.84 Å². The zero-order valence-electron chi connectivity index (χ0n) is 9.22. The van der Waals surface area contributed by atoms with Crippen LogP contribution in [0, 0.1) is 5.41 Å². The number of anilines is 1. The molecule has 0 saturated carbocycles. The van der Waals surface area contributed by atoms with Crippen LogP contribution in [-0.2, 0) is 4.74 Å². The van der Waals surface area contributed by atoms with Gasteiger partial charge in [-0.2, -0.15) is 4.99 Å². The number of guanidine groups is 1. The molecule has 2 heterocycles. The first-order valence-electron chi connectivity index (χ1n) is 5.14. The summed E-state index contributed by atoms with van der Waals surface area (Å²) in [5.41, 5.74) is 11.3. The first kappa shape index (κ1) is 11.8. The van der Waals surface area contributed by atoms with Crippen LogP contribution < -0.4 is 11.5 Å². The number of nitrogens with one attached hydrogen (secondary N) is 1. The Kier molecular flexibility index (Phi) is 3.55. The second-order valence-corrected chi connectivity index (χ2v) is 4.55. The maximum Gasteiger partial charge on any atom is 0.219 e. The molecule has 0 unspecified atom stereocenters. The van der Waals surface area contributed by atoms with Crippen LogP contribution in [0.4, 0.5) is 5.13 Å². The molecule has 8 heteroatoms. The maximum absolute atomic E-state index is 7.83. The summed E-state index contributed by atoms with van der Waals surface area (Å²) in [6.45, 7) is 2.57. The summed E-state index contributed by atoms with van der Waals surface area (Å²) >= 11 is 1.26. The van der Waals surface area contributed by atoms with E-state index in [1.165, 1.54) is 11.3 Å². The average molecular weight is 254 g/mol. The van der Waals surface area contributed by atoms with Crippen molar-refractivity contribution >= 4 is 28.3 Å². The predicted molar refractivity (Wildman–Crippen MR) is 67.4 cm³/mol. The highest BCUT2D eigenvalue weighted by Crippen LogP contribution is 2.14. The van der Waals surface area contributed by atoms with Crippen LogP contribution in [0.5, 0.6) is 0 Å². The molecule has 0 spiro atoms. The van der Waals surface area contributed by atoms with Gasteiger partial charge in [0.25, 0.3) is 0 Å². The van der Waals surface area contributed by atoms with Gasteiger partial charge in [-0.3, -0.25) is 5.41 Å².